The maximum absolute atomic E-state index is 12.9. The van der Waals surface area contributed by atoms with Crippen LogP contribution in [0.1, 0.15) is 25.3 Å². The van der Waals surface area contributed by atoms with Crippen molar-refractivity contribution in [3.63, 3.8) is 0 Å². The Morgan fingerprint density at radius 2 is 2.06 bits per heavy atom. The van der Waals surface area contributed by atoms with Crippen molar-refractivity contribution in [3.8, 4) is 0 Å². The number of hydrogen-bond donors (Lipinski definition) is 2. The number of carbonyl (C=O) groups excluding carboxylic acids is 1. The number of carbonyl (C=O) groups is 1. The van der Waals surface area contributed by atoms with Gasteiger partial charge in [0.15, 0.2) is 5.69 Å². The molecular formula is C19H24F3N5O4S. The van der Waals surface area contributed by atoms with Crippen molar-refractivity contribution in [2.75, 3.05) is 36.6 Å². The molecule has 0 saturated carbocycles. The summed E-state index contributed by atoms with van der Waals surface area (Å²) in [7, 11) is 1.42. The fourth-order valence-corrected chi connectivity index (χ4v) is 3.49. The van der Waals surface area contributed by atoms with Crippen LogP contribution in [0.3, 0.4) is 0 Å². The average molecular weight is 475 g/mol. The van der Waals surface area contributed by atoms with Gasteiger partial charge in [-0.2, -0.15) is 13.2 Å². The number of aromatic amines is 1. The molecule has 0 bridgehead atoms. The summed E-state index contributed by atoms with van der Waals surface area (Å²) in [6.45, 7) is 2.26. The highest BCUT2D eigenvalue weighted by molar-refractivity contribution is 7.99. The lowest BCUT2D eigenvalue weighted by Crippen LogP contribution is -2.43. The molecule has 2 rings (SSSR count). The molecule has 0 radical (unpaired) electrons. The number of nitrogens with one attached hydrogen (secondary N) is 1. The first kappa shape index (κ1) is 25.5. The second-order valence-electron chi connectivity index (χ2n) is 6.71. The molecule has 1 amide bonds. The molecule has 2 aromatic rings. The molecule has 0 saturated heterocycles. The van der Waals surface area contributed by atoms with Gasteiger partial charge in [0.25, 0.3) is 5.56 Å². The highest BCUT2D eigenvalue weighted by Crippen LogP contribution is 2.29. The molecule has 32 heavy (non-hydrogen) atoms. The third-order valence-electron chi connectivity index (χ3n) is 4.45. The van der Waals surface area contributed by atoms with E-state index >= 15 is 0 Å². The Morgan fingerprint density at radius 1 is 1.34 bits per heavy atom. The highest BCUT2D eigenvalue weighted by Gasteiger charge is 2.30. The molecule has 0 aromatic carbocycles. The van der Waals surface area contributed by atoms with Crippen molar-refractivity contribution in [1.82, 2.24) is 14.5 Å². The number of methoxy groups -OCH3 is 1. The summed E-state index contributed by atoms with van der Waals surface area (Å²) in [5.74, 6) is -0.921. The standard InChI is InChI=1S/C19H24F3N5O4S/c1-3-4-7-27-16(23)15(17(29)25-18(27)30)26(8-9-31-2)14(28)11-32-13-6-5-12(10-24-13)19(20,21)22/h5-6,10H,3-4,7-9,11,23H2,1-2H3,(H,25,29,30). The van der Waals surface area contributed by atoms with E-state index in [1.807, 2.05) is 6.92 Å². The first-order chi connectivity index (χ1) is 15.1. The Bertz CT molecular complexity index is 1040. The summed E-state index contributed by atoms with van der Waals surface area (Å²) in [4.78, 5) is 44.5. The third kappa shape index (κ3) is 6.36. The molecule has 0 aliphatic heterocycles. The van der Waals surface area contributed by atoms with Crippen LogP contribution in [-0.2, 0) is 22.3 Å². The number of anilines is 2. The highest BCUT2D eigenvalue weighted by atomic mass is 32.2. The number of nitrogens with two attached hydrogens (primary N) is 1. The number of pyridine rings is 1. The number of nitrogen functional groups attached to an aromatic ring is 1. The van der Waals surface area contributed by atoms with Gasteiger partial charge < -0.3 is 15.4 Å². The van der Waals surface area contributed by atoms with E-state index in [9.17, 15) is 27.6 Å². The molecule has 2 heterocycles. The zero-order valence-corrected chi connectivity index (χ0v) is 18.4. The molecule has 3 N–H and O–H groups in total. The number of amides is 1. The largest absolute Gasteiger partial charge is 0.417 e. The Kier molecular flexibility index (Phi) is 8.89. The summed E-state index contributed by atoms with van der Waals surface area (Å²) >= 11 is 0.905. The summed E-state index contributed by atoms with van der Waals surface area (Å²) < 4.78 is 44.2. The van der Waals surface area contributed by atoms with Crippen molar-refractivity contribution in [3.05, 3.63) is 44.7 Å². The van der Waals surface area contributed by atoms with Crippen LogP contribution in [0.2, 0.25) is 0 Å². The maximum Gasteiger partial charge on any atom is 0.417 e. The molecule has 0 spiro atoms. The van der Waals surface area contributed by atoms with Crippen LogP contribution in [0.15, 0.2) is 32.9 Å². The van der Waals surface area contributed by atoms with E-state index in [0.29, 0.717) is 12.6 Å². The number of alkyl halides is 3. The van der Waals surface area contributed by atoms with Crippen molar-refractivity contribution < 1.29 is 22.7 Å². The monoisotopic (exact) mass is 475 g/mol. The summed E-state index contributed by atoms with van der Waals surface area (Å²) in [6.07, 6.45) is -2.41. The Balaban J connectivity index is 2.29. The van der Waals surface area contributed by atoms with Crippen molar-refractivity contribution in [2.24, 2.45) is 0 Å². The Hall–Kier alpha value is -2.80. The number of hydrogen-bond acceptors (Lipinski definition) is 7. The van der Waals surface area contributed by atoms with Gasteiger partial charge >= 0.3 is 11.9 Å². The summed E-state index contributed by atoms with van der Waals surface area (Å²) in [6, 6.07) is 2.03. The lowest BCUT2D eigenvalue weighted by Gasteiger charge is -2.24. The van der Waals surface area contributed by atoms with E-state index in [0.717, 1.165) is 35.2 Å². The van der Waals surface area contributed by atoms with E-state index in [-0.39, 0.29) is 42.0 Å². The summed E-state index contributed by atoms with van der Waals surface area (Å²) in [5.41, 5.74) is 3.52. The molecule has 9 nitrogen and oxygen atoms in total. The minimum absolute atomic E-state index is 0.0183. The van der Waals surface area contributed by atoms with E-state index in [4.69, 9.17) is 10.5 Å². The maximum atomic E-state index is 12.9. The normalized spacial score (nSPS) is 11.5. The van der Waals surface area contributed by atoms with Gasteiger partial charge in [-0.15, -0.1) is 0 Å². The van der Waals surface area contributed by atoms with E-state index < -0.39 is 28.9 Å². The number of nitrogens with zero attached hydrogens (tertiary/aromatic N) is 3. The van der Waals surface area contributed by atoms with Gasteiger partial charge in [0.1, 0.15) is 5.82 Å². The van der Waals surface area contributed by atoms with Crippen molar-refractivity contribution >= 4 is 29.2 Å². The zero-order chi connectivity index (χ0) is 23.9. The molecule has 0 fully saturated rings. The van der Waals surface area contributed by atoms with Crippen LogP contribution < -0.4 is 21.9 Å². The number of thioether (sulfide) groups is 1. The van der Waals surface area contributed by atoms with Crippen LogP contribution >= 0.6 is 11.8 Å². The first-order valence-electron chi connectivity index (χ1n) is 9.68. The van der Waals surface area contributed by atoms with E-state index in [1.54, 1.807) is 0 Å². The molecule has 0 aliphatic rings. The van der Waals surface area contributed by atoms with Gasteiger partial charge in [0.05, 0.1) is 22.9 Å². The van der Waals surface area contributed by atoms with E-state index in [1.165, 1.54) is 11.7 Å². The zero-order valence-electron chi connectivity index (χ0n) is 17.6. The van der Waals surface area contributed by atoms with Crippen LogP contribution in [-0.4, -0.2) is 46.5 Å². The number of aromatic nitrogens is 3. The van der Waals surface area contributed by atoms with Crippen molar-refractivity contribution in [2.45, 2.75) is 37.5 Å². The number of H-pyrrole nitrogens is 1. The lowest BCUT2D eigenvalue weighted by molar-refractivity contribution is -0.137. The second-order valence-corrected chi connectivity index (χ2v) is 7.70. The van der Waals surface area contributed by atoms with Gasteiger partial charge in [-0.05, 0) is 18.6 Å². The molecule has 13 heteroatoms. The third-order valence-corrected chi connectivity index (χ3v) is 5.38. The second kappa shape index (κ2) is 11.2. The lowest BCUT2D eigenvalue weighted by atomic mass is 10.3. The smallest absolute Gasteiger partial charge is 0.383 e. The molecule has 0 atom stereocenters. The van der Waals surface area contributed by atoms with Gasteiger partial charge in [-0.3, -0.25) is 19.1 Å². The number of unbranched alkanes of at least 4 members (excludes halogenated alkanes) is 1. The molecule has 176 valence electrons. The minimum Gasteiger partial charge on any atom is -0.383 e. The number of halogens is 3. The van der Waals surface area contributed by atoms with Crippen LogP contribution in [0.25, 0.3) is 0 Å². The molecular weight excluding hydrogens is 451 g/mol. The van der Waals surface area contributed by atoms with Crippen LogP contribution in [0, 0.1) is 0 Å². The van der Waals surface area contributed by atoms with Gasteiger partial charge in [0, 0.05) is 26.4 Å². The fourth-order valence-electron chi connectivity index (χ4n) is 2.77. The van der Waals surface area contributed by atoms with Gasteiger partial charge in [-0.25, -0.2) is 9.78 Å². The molecule has 0 aliphatic carbocycles. The van der Waals surface area contributed by atoms with Crippen LogP contribution in [0.4, 0.5) is 24.7 Å². The molecule has 2 aromatic heterocycles. The minimum atomic E-state index is -4.51. The van der Waals surface area contributed by atoms with Gasteiger partial charge in [0.2, 0.25) is 5.91 Å². The van der Waals surface area contributed by atoms with E-state index in [2.05, 4.69) is 9.97 Å². The average Bonchev–Trinajstić information content (AvgIpc) is 2.73. The topological polar surface area (TPSA) is 123 Å². The van der Waals surface area contributed by atoms with Crippen molar-refractivity contribution in [1.29, 1.82) is 0 Å². The molecule has 0 unspecified atom stereocenters. The van der Waals surface area contributed by atoms with Crippen LogP contribution in [0.5, 0.6) is 0 Å². The van der Waals surface area contributed by atoms with Gasteiger partial charge in [-0.1, -0.05) is 25.1 Å². The fraction of sp³-hybridized carbons (Fsp3) is 0.474. The number of rotatable bonds is 10. The Labute approximate surface area is 185 Å². The first-order valence-corrected chi connectivity index (χ1v) is 10.7. The SMILES string of the molecule is CCCCn1c(N)c(N(CCOC)C(=O)CSc2ccc(C(F)(F)F)cn2)c(=O)[nH]c1=O. The quantitative estimate of drug-likeness (QED) is 0.505. The number of ether oxygens (including phenoxy) is 1. The predicted octanol–water partition coefficient (Wildman–Crippen LogP) is 2.10. The Morgan fingerprint density at radius 3 is 2.62 bits per heavy atom. The predicted molar refractivity (Wildman–Crippen MR) is 115 cm³/mol. The summed E-state index contributed by atoms with van der Waals surface area (Å²) in [5, 5.41) is 0.202.